The fourth-order valence-electron chi connectivity index (χ4n) is 5.72. The molecule has 0 unspecified atom stereocenters. The summed E-state index contributed by atoms with van der Waals surface area (Å²) >= 11 is 5.00. The van der Waals surface area contributed by atoms with Gasteiger partial charge in [-0.2, -0.15) is 0 Å². The number of rotatable bonds is 8. The van der Waals surface area contributed by atoms with Gasteiger partial charge in [0, 0.05) is 14.3 Å². The number of anilines is 2. The van der Waals surface area contributed by atoms with Crippen LogP contribution in [0.4, 0.5) is 15.8 Å². The summed E-state index contributed by atoms with van der Waals surface area (Å²) in [5.74, 6) is -2.49. The van der Waals surface area contributed by atoms with Gasteiger partial charge in [-0.05, 0) is 72.8 Å². The Balaban J connectivity index is 1.32. The van der Waals surface area contributed by atoms with Crippen LogP contribution in [0.15, 0.2) is 142 Å². The van der Waals surface area contributed by atoms with Gasteiger partial charge in [0.05, 0.1) is 28.1 Å². The fourth-order valence-corrected chi connectivity index (χ4v) is 7.10. The van der Waals surface area contributed by atoms with Gasteiger partial charge >= 0.3 is 17.9 Å². The van der Waals surface area contributed by atoms with E-state index in [1.165, 1.54) is 23.9 Å². The summed E-state index contributed by atoms with van der Waals surface area (Å²) in [6, 6.07) is 35.2. The summed E-state index contributed by atoms with van der Waals surface area (Å²) in [7, 11) is 0. The highest BCUT2D eigenvalue weighted by atomic mass is 79.9. The Morgan fingerprint density at radius 3 is 1.78 bits per heavy atom. The molecule has 0 aliphatic carbocycles. The smallest absolute Gasteiger partial charge is 0.338 e. The molecule has 5 aromatic rings. The van der Waals surface area contributed by atoms with Gasteiger partial charge in [0.1, 0.15) is 18.5 Å². The largest absolute Gasteiger partial charge is 0.459 e. The van der Waals surface area contributed by atoms with Crippen molar-refractivity contribution in [1.82, 2.24) is 0 Å². The third kappa shape index (κ3) is 6.96. The first-order valence-corrected chi connectivity index (χ1v) is 16.9. The number of hydrogen-bond donors (Lipinski definition) is 0. The van der Waals surface area contributed by atoms with Crippen molar-refractivity contribution in [1.29, 1.82) is 0 Å². The number of carbonyl (C=O) groups is 3. The number of esters is 3. The van der Waals surface area contributed by atoms with Gasteiger partial charge in [-0.25, -0.2) is 18.8 Å². The highest BCUT2D eigenvalue weighted by Gasteiger charge is 2.54. The minimum atomic E-state index is -1.27. The number of benzene rings is 5. The maximum absolute atomic E-state index is 14.9. The van der Waals surface area contributed by atoms with E-state index in [2.05, 4.69) is 15.9 Å². The molecule has 0 aromatic heterocycles. The molecule has 7 rings (SSSR count). The van der Waals surface area contributed by atoms with Crippen LogP contribution in [0, 0.1) is 5.82 Å². The summed E-state index contributed by atoms with van der Waals surface area (Å²) in [4.78, 5) is 43.6. The lowest BCUT2D eigenvalue weighted by molar-refractivity contribution is -0.0446. The van der Waals surface area contributed by atoms with Crippen molar-refractivity contribution in [3.05, 3.63) is 154 Å². The Morgan fingerprint density at radius 2 is 1.18 bits per heavy atom. The first-order valence-electron chi connectivity index (χ1n) is 15.3. The first kappa shape index (κ1) is 32.6. The van der Waals surface area contributed by atoms with E-state index in [-0.39, 0.29) is 17.7 Å². The first-order chi connectivity index (χ1) is 23.9. The van der Waals surface area contributed by atoms with Crippen molar-refractivity contribution in [3.8, 4) is 0 Å². The third-order valence-corrected chi connectivity index (χ3v) is 9.64. The Hall–Kier alpha value is -4.97. The molecule has 49 heavy (non-hydrogen) atoms. The minimum Gasteiger partial charge on any atom is -0.459 e. The Kier molecular flexibility index (Phi) is 9.47. The van der Waals surface area contributed by atoms with Gasteiger partial charge in [-0.1, -0.05) is 82.3 Å². The van der Waals surface area contributed by atoms with Crippen LogP contribution in [0.25, 0.3) is 0 Å². The summed E-state index contributed by atoms with van der Waals surface area (Å²) in [6.07, 6.45) is -4.78. The summed E-state index contributed by atoms with van der Waals surface area (Å²) in [6.45, 7) is -0.347. The summed E-state index contributed by atoms with van der Waals surface area (Å²) in [5, 5.41) is 0. The van der Waals surface area contributed by atoms with Crippen LogP contribution in [0.3, 0.4) is 0 Å². The van der Waals surface area contributed by atoms with Crippen LogP contribution in [0.1, 0.15) is 31.1 Å². The van der Waals surface area contributed by atoms with Gasteiger partial charge in [0.15, 0.2) is 18.4 Å². The molecule has 1 saturated heterocycles. The number of fused-ring (bicyclic) bond motifs is 2. The average molecular weight is 741 g/mol. The molecule has 0 amide bonds. The van der Waals surface area contributed by atoms with Gasteiger partial charge in [0.2, 0.25) is 0 Å². The molecule has 0 saturated carbocycles. The van der Waals surface area contributed by atoms with Crippen LogP contribution >= 0.6 is 27.7 Å². The van der Waals surface area contributed by atoms with E-state index in [1.54, 1.807) is 102 Å². The molecule has 4 atom stereocenters. The van der Waals surface area contributed by atoms with Crippen molar-refractivity contribution in [2.24, 2.45) is 0 Å². The van der Waals surface area contributed by atoms with E-state index in [0.29, 0.717) is 16.9 Å². The van der Waals surface area contributed by atoms with Crippen LogP contribution in [0.5, 0.6) is 0 Å². The van der Waals surface area contributed by atoms with Gasteiger partial charge in [-0.3, -0.25) is 0 Å². The van der Waals surface area contributed by atoms with Crippen LogP contribution in [0.2, 0.25) is 0 Å². The molecule has 2 aliphatic heterocycles. The molecule has 246 valence electrons. The second-order valence-corrected chi connectivity index (χ2v) is 13.2. The quantitative estimate of drug-likeness (QED) is 0.115. The second-order valence-electron chi connectivity index (χ2n) is 11.2. The zero-order valence-corrected chi connectivity index (χ0v) is 28.0. The van der Waals surface area contributed by atoms with E-state index in [1.807, 2.05) is 18.2 Å². The van der Waals surface area contributed by atoms with E-state index in [9.17, 15) is 18.8 Å². The number of hydrogen-bond acceptors (Lipinski definition) is 9. The Morgan fingerprint density at radius 1 is 0.673 bits per heavy atom. The molecular weight excluding hydrogens is 713 g/mol. The van der Waals surface area contributed by atoms with Gasteiger partial charge < -0.3 is 23.8 Å². The lowest BCUT2D eigenvalue weighted by Gasteiger charge is -2.38. The topological polar surface area (TPSA) is 91.4 Å². The lowest BCUT2D eigenvalue weighted by Crippen LogP contribution is -2.47. The van der Waals surface area contributed by atoms with Crippen molar-refractivity contribution < 1.29 is 37.7 Å². The van der Waals surface area contributed by atoms with E-state index < -0.39 is 48.3 Å². The zero-order chi connectivity index (χ0) is 33.9. The zero-order valence-electron chi connectivity index (χ0n) is 25.6. The molecule has 1 fully saturated rings. The number of nitrogens with zero attached hydrogens (tertiary/aromatic N) is 1. The molecular formula is C38H27BrFNO7S. The predicted molar refractivity (Wildman–Crippen MR) is 183 cm³/mol. The lowest BCUT2D eigenvalue weighted by atomic mass is 10.1. The van der Waals surface area contributed by atoms with Crippen LogP contribution in [-0.2, 0) is 18.9 Å². The molecule has 0 spiro atoms. The Bertz CT molecular complexity index is 1950. The molecule has 11 heteroatoms. The molecule has 0 radical (unpaired) electrons. The SMILES string of the molecule is O=C(OC[C@H]1O[C@@H](N2c3cc(F)ccc3Sc3ccc(Br)cc32)[C@H](OC(=O)c2ccccc2)[C@@H]1OC(=O)c1ccccc1)c1ccccc1. The molecule has 2 aliphatic rings. The summed E-state index contributed by atoms with van der Waals surface area (Å²) in [5.41, 5.74) is 1.93. The fraction of sp³-hybridized carbons (Fsp3) is 0.132. The summed E-state index contributed by atoms with van der Waals surface area (Å²) < 4.78 is 40.3. The van der Waals surface area contributed by atoms with E-state index in [4.69, 9.17) is 18.9 Å². The number of carbonyl (C=O) groups excluding carboxylic acids is 3. The molecule has 8 nitrogen and oxygen atoms in total. The third-order valence-electron chi connectivity index (χ3n) is 8.01. The maximum Gasteiger partial charge on any atom is 0.338 e. The predicted octanol–water partition coefficient (Wildman–Crippen LogP) is 8.22. The highest BCUT2D eigenvalue weighted by molar-refractivity contribution is 9.10. The highest BCUT2D eigenvalue weighted by Crippen LogP contribution is 2.52. The Labute approximate surface area is 293 Å². The second kappa shape index (κ2) is 14.3. The number of halogens is 2. The minimum absolute atomic E-state index is 0.259. The van der Waals surface area contributed by atoms with Crippen molar-refractivity contribution in [3.63, 3.8) is 0 Å². The van der Waals surface area contributed by atoms with Gasteiger partial charge in [-0.15, -0.1) is 0 Å². The standard InChI is InChI=1S/C38H27BrFNO7S/c39-26-16-18-31-28(20-26)41(29-21-27(40)17-19-32(29)49-31)35-34(48-38(44)25-14-8-3-9-15-25)33(47-37(43)24-12-6-2-7-13-24)30(46-35)22-45-36(42)23-10-4-1-5-11-23/h1-21,30,33-35H,22H2/t30-,33-,34-,35-/m1/s1. The van der Waals surface area contributed by atoms with Gasteiger partial charge in [0.25, 0.3) is 0 Å². The molecule has 5 aromatic carbocycles. The normalized spacial score (nSPS) is 19.3. The molecule has 0 bridgehead atoms. The van der Waals surface area contributed by atoms with E-state index in [0.717, 1.165) is 14.3 Å². The monoisotopic (exact) mass is 739 g/mol. The van der Waals surface area contributed by atoms with Crippen LogP contribution in [-0.4, -0.2) is 49.1 Å². The van der Waals surface area contributed by atoms with E-state index >= 15 is 0 Å². The van der Waals surface area contributed by atoms with Crippen LogP contribution < -0.4 is 4.90 Å². The average Bonchev–Trinajstić information content (AvgIpc) is 3.46. The maximum atomic E-state index is 14.9. The number of ether oxygens (including phenoxy) is 4. The van der Waals surface area contributed by atoms with Crippen molar-refractivity contribution in [2.45, 2.75) is 34.3 Å². The van der Waals surface area contributed by atoms with Crippen molar-refractivity contribution in [2.75, 3.05) is 11.5 Å². The van der Waals surface area contributed by atoms with Crippen molar-refractivity contribution >= 4 is 57.0 Å². The molecule has 0 N–H and O–H groups in total. The molecule has 2 heterocycles.